The van der Waals surface area contributed by atoms with E-state index in [0.29, 0.717) is 12.2 Å². The van der Waals surface area contributed by atoms with Gasteiger partial charge in [0.15, 0.2) is 11.6 Å². The number of carbonyl (C=O) groups is 2. The molecule has 0 bridgehead atoms. The van der Waals surface area contributed by atoms with Crippen LogP contribution < -0.4 is 15.4 Å². The van der Waals surface area contributed by atoms with Crippen LogP contribution in [0.1, 0.15) is 23.6 Å². The zero-order valence-electron chi connectivity index (χ0n) is 14.5. The molecule has 0 aliphatic rings. The summed E-state index contributed by atoms with van der Waals surface area (Å²) in [5.74, 6) is -2.32. The molecule has 1 atom stereocenters. The number of nitrogens with one attached hydrogen (secondary N) is 2. The molecule has 2 N–H and O–H groups in total. The van der Waals surface area contributed by atoms with E-state index >= 15 is 0 Å². The van der Waals surface area contributed by atoms with Gasteiger partial charge in [0, 0.05) is 13.5 Å². The van der Waals surface area contributed by atoms with E-state index < -0.39 is 23.6 Å². The van der Waals surface area contributed by atoms with Gasteiger partial charge >= 0.3 is 0 Å². The van der Waals surface area contributed by atoms with Gasteiger partial charge in [0.25, 0.3) is 0 Å². The van der Waals surface area contributed by atoms with E-state index in [4.69, 9.17) is 4.74 Å². The van der Waals surface area contributed by atoms with Crippen molar-refractivity contribution < 1.29 is 23.1 Å². The van der Waals surface area contributed by atoms with Crippen molar-refractivity contribution in [1.82, 2.24) is 10.6 Å². The molecule has 0 spiro atoms. The van der Waals surface area contributed by atoms with Crippen LogP contribution in [0.15, 0.2) is 42.5 Å². The molecule has 0 aromatic heterocycles. The van der Waals surface area contributed by atoms with Crippen LogP contribution in [0.4, 0.5) is 8.78 Å². The van der Waals surface area contributed by atoms with Crippen molar-refractivity contribution in [2.75, 3.05) is 14.2 Å². The summed E-state index contributed by atoms with van der Waals surface area (Å²) in [4.78, 5) is 24.3. The minimum absolute atomic E-state index is 0.129. The molecule has 2 aromatic rings. The molecule has 0 saturated carbocycles. The number of methoxy groups -OCH3 is 1. The highest BCUT2D eigenvalue weighted by Crippen LogP contribution is 2.18. The number of likely N-dealkylation sites (N-methyl/N-ethyl adjacent to an activating group) is 1. The number of benzene rings is 2. The third-order valence-corrected chi connectivity index (χ3v) is 3.87. The summed E-state index contributed by atoms with van der Waals surface area (Å²) in [5, 5.41) is 4.96. The Balaban J connectivity index is 2.06. The summed E-state index contributed by atoms with van der Waals surface area (Å²) in [6.07, 6.45) is 0.575. The molecular formula is C19H20F2N2O3. The number of hydrogen-bond donors (Lipinski definition) is 2. The number of ether oxygens (including phenoxy) is 1. The predicted molar refractivity (Wildman–Crippen MR) is 92.6 cm³/mol. The summed E-state index contributed by atoms with van der Waals surface area (Å²) in [7, 11) is 2.96. The van der Waals surface area contributed by atoms with E-state index in [0.717, 1.165) is 17.7 Å². The van der Waals surface area contributed by atoms with Gasteiger partial charge in [-0.05, 0) is 41.8 Å². The topological polar surface area (TPSA) is 67.4 Å². The van der Waals surface area contributed by atoms with Gasteiger partial charge in [-0.2, -0.15) is 0 Å². The van der Waals surface area contributed by atoms with E-state index in [1.54, 1.807) is 13.2 Å². The van der Waals surface area contributed by atoms with E-state index in [1.165, 1.54) is 13.1 Å². The first-order valence-electron chi connectivity index (χ1n) is 8.03. The molecule has 0 aliphatic heterocycles. The summed E-state index contributed by atoms with van der Waals surface area (Å²) in [6, 6.07) is 9.28. The molecule has 2 rings (SSSR count). The number of aryl methyl sites for hydroxylation is 1. The number of halogens is 2. The number of amides is 2. The first-order valence-corrected chi connectivity index (χ1v) is 8.03. The lowest BCUT2D eigenvalue weighted by atomic mass is 10.0. The summed E-state index contributed by atoms with van der Waals surface area (Å²) < 4.78 is 31.7. The Bertz CT molecular complexity index is 796. The van der Waals surface area contributed by atoms with Crippen LogP contribution in [0.2, 0.25) is 0 Å². The second-order valence-corrected chi connectivity index (χ2v) is 5.64. The molecule has 26 heavy (non-hydrogen) atoms. The van der Waals surface area contributed by atoms with Crippen molar-refractivity contribution in [2.24, 2.45) is 0 Å². The van der Waals surface area contributed by atoms with Gasteiger partial charge in [0.05, 0.1) is 7.11 Å². The maximum atomic E-state index is 13.5. The van der Waals surface area contributed by atoms with Gasteiger partial charge in [-0.15, -0.1) is 0 Å². The third-order valence-electron chi connectivity index (χ3n) is 3.87. The second-order valence-electron chi connectivity index (χ2n) is 5.64. The van der Waals surface area contributed by atoms with Crippen molar-refractivity contribution in [1.29, 1.82) is 0 Å². The zero-order valence-corrected chi connectivity index (χ0v) is 14.5. The first-order chi connectivity index (χ1) is 12.4. The molecule has 5 nitrogen and oxygen atoms in total. The summed E-state index contributed by atoms with van der Waals surface area (Å²) in [6.45, 7) is 0. The number of carbonyl (C=O) groups excluding carboxylic acids is 2. The van der Waals surface area contributed by atoms with Gasteiger partial charge in [0.2, 0.25) is 11.8 Å². The van der Waals surface area contributed by atoms with Crippen molar-refractivity contribution in [3.05, 3.63) is 65.2 Å². The normalized spacial score (nSPS) is 11.5. The van der Waals surface area contributed by atoms with Crippen LogP contribution in [0.5, 0.6) is 5.75 Å². The Morgan fingerprint density at radius 2 is 1.88 bits per heavy atom. The SMILES string of the molecule is CNC(=O)C(NC(=O)CCc1cccc(OC)c1)c1ccc(F)c(F)c1. The third kappa shape index (κ3) is 5.02. The molecular weight excluding hydrogens is 342 g/mol. The lowest BCUT2D eigenvalue weighted by Gasteiger charge is -2.18. The van der Waals surface area contributed by atoms with Gasteiger partial charge in [-0.3, -0.25) is 9.59 Å². The molecule has 138 valence electrons. The van der Waals surface area contributed by atoms with Crippen molar-refractivity contribution in [2.45, 2.75) is 18.9 Å². The van der Waals surface area contributed by atoms with Crippen molar-refractivity contribution in [3.8, 4) is 5.75 Å². The summed E-state index contributed by atoms with van der Waals surface area (Å²) >= 11 is 0. The summed E-state index contributed by atoms with van der Waals surface area (Å²) in [5.41, 5.74) is 1.07. The quantitative estimate of drug-likeness (QED) is 0.795. The fourth-order valence-corrected chi connectivity index (χ4v) is 2.46. The van der Waals surface area contributed by atoms with Gasteiger partial charge < -0.3 is 15.4 Å². The maximum absolute atomic E-state index is 13.5. The fourth-order valence-electron chi connectivity index (χ4n) is 2.46. The monoisotopic (exact) mass is 362 g/mol. The molecule has 0 radical (unpaired) electrons. The molecule has 0 aliphatic carbocycles. The lowest BCUT2D eigenvalue weighted by Crippen LogP contribution is -2.39. The van der Waals surface area contributed by atoms with E-state index in [9.17, 15) is 18.4 Å². The van der Waals surface area contributed by atoms with Crippen molar-refractivity contribution in [3.63, 3.8) is 0 Å². The van der Waals surface area contributed by atoms with Gasteiger partial charge in [0.1, 0.15) is 11.8 Å². The Kier molecular flexibility index (Phi) is 6.66. The molecule has 2 aromatic carbocycles. The first kappa shape index (κ1) is 19.4. The average Bonchev–Trinajstić information content (AvgIpc) is 2.66. The Labute approximate surface area is 150 Å². The van der Waals surface area contributed by atoms with E-state index in [-0.39, 0.29) is 17.9 Å². The average molecular weight is 362 g/mol. The number of rotatable bonds is 7. The molecule has 0 heterocycles. The maximum Gasteiger partial charge on any atom is 0.246 e. The van der Waals surface area contributed by atoms with Crippen LogP contribution >= 0.6 is 0 Å². The Hall–Kier alpha value is -2.96. The highest BCUT2D eigenvalue weighted by atomic mass is 19.2. The van der Waals surface area contributed by atoms with Gasteiger partial charge in [-0.1, -0.05) is 18.2 Å². The van der Waals surface area contributed by atoms with Crippen molar-refractivity contribution >= 4 is 11.8 Å². The van der Waals surface area contributed by atoms with Crippen LogP contribution in [0.3, 0.4) is 0 Å². The highest BCUT2D eigenvalue weighted by molar-refractivity contribution is 5.88. The minimum Gasteiger partial charge on any atom is -0.497 e. The predicted octanol–water partition coefficient (Wildman–Crippen LogP) is 2.51. The molecule has 7 heteroatoms. The van der Waals surface area contributed by atoms with Crippen LogP contribution in [-0.4, -0.2) is 26.0 Å². The Morgan fingerprint density at radius 1 is 1.12 bits per heavy atom. The Morgan fingerprint density at radius 3 is 2.54 bits per heavy atom. The van der Waals surface area contributed by atoms with E-state index in [1.807, 2.05) is 18.2 Å². The minimum atomic E-state index is -1.10. The lowest BCUT2D eigenvalue weighted by molar-refractivity contribution is -0.128. The van der Waals surface area contributed by atoms with Crippen LogP contribution in [0.25, 0.3) is 0 Å². The van der Waals surface area contributed by atoms with Crippen LogP contribution in [0, 0.1) is 11.6 Å². The molecule has 2 amide bonds. The zero-order chi connectivity index (χ0) is 19.1. The number of hydrogen-bond acceptors (Lipinski definition) is 3. The van der Waals surface area contributed by atoms with E-state index in [2.05, 4.69) is 10.6 Å². The largest absolute Gasteiger partial charge is 0.497 e. The standard InChI is InChI=1S/C19H20F2N2O3/c1-22-19(25)18(13-7-8-15(20)16(21)11-13)23-17(24)9-6-12-4-3-5-14(10-12)26-2/h3-5,7-8,10-11,18H,6,9H2,1-2H3,(H,22,25)(H,23,24). The molecule has 0 saturated heterocycles. The highest BCUT2D eigenvalue weighted by Gasteiger charge is 2.22. The molecule has 1 unspecified atom stereocenters. The van der Waals surface area contributed by atoms with Gasteiger partial charge in [-0.25, -0.2) is 8.78 Å². The second kappa shape index (κ2) is 8.94. The molecule has 0 fully saturated rings. The fraction of sp³-hybridized carbons (Fsp3) is 0.263. The van der Waals surface area contributed by atoms with Crippen LogP contribution in [-0.2, 0) is 16.0 Å². The smallest absolute Gasteiger partial charge is 0.246 e.